The second-order valence-electron chi connectivity index (χ2n) is 6.44. The lowest BCUT2D eigenvalue weighted by atomic mass is 10.1. The number of aromatic nitrogens is 4. The number of nitrogens with one attached hydrogen (secondary N) is 3. The number of nitrogens with zero attached hydrogens (tertiary/aromatic N) is 3. The summed E-state index contributed by atoms with van der Waals surface area (Å²) in [5.41, 5.74) is 3.94. The number of aryl methyl sites for hydroxylation is 1. The molecule has 3 aromatic heterocycles. The first-order valence-corrected chi connectivity index (χ1v) is 10.0. The molecule has 0 bridgehead atoms. The number of thiazole rings is 1. The number of aromatic amines is 1. The van der Waals surface area contributed by atoms with Crippen LogP contribution in [0, 0.1) is 6.92 Å². The molecule has 2 amide bonds. The van der Waals surface area contributed by atoms with Crippen LogP contribution in [0.5, 0.6) is 0 Å². The van der Waals surface area contributed by atoms with Crippen LogP contribution < -0.4 is 10.6 Å². The van der Waals surface area contributed by atoms with Gasteiger partial charge in [-0.15, -0.1) is 11.3 Å². The molecule has 4 rings (SSSR count). The highest BCUT2D eigenvalue weighted by Crippen LogP contribution is 2.28. The molecule has 3 N–H and O–H groups in total. The van der Waals surface area contributed by atoms with Crippen molar-refractivity contribution >= 4 is 28.3 Å². The van der Waals surface area contributed by atoms with Crippen LogP contribution in [0.4, 0.5) is 5.13 Å². The molecule has 150 valence electrons. The third-order valence-corrected chi connectivity index (χ3v) is 5.01. The molecule has 0 unspecified atom stereocenters. The average Bonchev–Trinajstić information content (AvgIpc) is 3.45. The van der Waals surface area contributed by atoms with E-state index in [1.54, 1.807) is 24.7 Å². The Balaban J connectivity index is 1.41. The minimum absolute atomic E-state index is 0.137. The Hall–Kier alpha value is -3.85. The van der Waals surface area contributed by atoms with Crippen LogP contribution in [0.25, 0.3) is 22.5 Å². The lowest BCUT2D eigenvalue weighted by Gasteiger charge is -2.04. The standard InChI is InChI=1S/C21H18N6O2S/c1-13-23-8-6-17(25-13)14-3-2-4-15(9-14)18-12-30-21(26-18)27-19(28)11-24-20(29)16-5-7-22-10-16/h2-10,12,22H,11H2,1H3,(H,24,29)(H,26,27,28). The van der Waals surface area contributed by atoms with E-state index in [1.807, 2.05) is 42.6 Å². The summed E-state index contributed by atoms with van der Waals surface area (Å²) in [6.07, 6.45) is 4.94. The monoisotopic (exact) mass is 418 g/mol. The van der Waals surface area contributed by atoms with Gasteiger partial charge in [0, 0.05) is 35.1 Å². The minimum atomic E-state index is -0.343. The van der Waals surface area contributed by atoms with Gasteiger partial charge in [-0.05, 0) is 25.1 Å². The van der Waals surface area contributed by atoms with Gasteiger partial charge < -0.3 is 15.6 Å². The van der Waals surface area contributed by atoms with E-state index in [9.17, 15) is 9.59 Å². The van der Waals surface area contributed by atoms with Crippen molar-refractivity contribution in [3.05, 3.63) is 71.8 Å². The number of benzene rings is 1. The minimum Gasteiger partial charge on any atom is -0.367 e. The average molecular weight is 418 g/mol. The number of carbonyl (C=O) groups excluding carboxylic acids is 2. The summed E-state index contributed by atoms with van der Waals surface area (Å²) in [7, 11) is 0. The Morgan fingerprint density at radius 3 is 2.70 bits per heavy atom. The zero-order valence-corrected chi connectivity index (χ0v) is 16.9. The van der Waals surface area contributed by atoms with Gasteiger partial charge in [-0.25, -0.2) is 15.0 Å². The van der Waals surface area contributed by atoms with Crippen molar-refractivity contribution in [1.82, 2.24) is 25.3 Å². The van der Waals surface area contributed by atoms with Crippen molar-refractivity contribution in [2.45, 2.75) is 6.92 Å². The molecule has 1 aromatic carbocycles. The number of hydrogen-bond acceptors (Lipinski definition) is 6. The first-order valence-electron chi connectivity index (χ1n) is 9.15. The number of amides is 2. The van der Waals surface area contributed by atoms with Crippen LogP contribution in [-0.4, -0.2) is 38.3 Å². The van der Waals surface area contributed by atoms with Crippen molar-refractivity contribution in [1.29, 1.82) is 0 Å². The molecular weight excluding hydrogens is 400 g/mol. The maximum absolute atomic E-state index is 12.1. The summed E-state index contributed by atoms with van der Waals surface area (Å²) in [5.74, 6) is 0.0492. The van der Waals surface area contributed by atoms with Gasteiger partial charge >= 0.3 is 0 Å². The van der Waals surface area contributed by atoms with Gasteiger partial charge in [-0.1, -0.05) is 18.2 Å². The topological polar surface area (TPSA) is 113 Å². The Morgan fingerprint density at radius 2 is 1.93 bits per heavy atom. The lowest BCUT2D eigenvalue weighted by Crippen LogP contribution is -2.32. The van der Waals surface area contributed by atoms with Crippen LogP contribution in [-0.2, 0) is 4.79 Å². The second kappa shape index (κ2) is 8.66. The van der Waals surface area contributed by atoms with Gasteiger partial charge in [-0.2, -0.15) is 0 Å². The zero-order chi connectivity index (χ0) is 20.9. The smallest absolute Gasteiger partial charge is 0.253 e. The molecule has 0 saturated carbocycles. The highest BCUT2D eigenvalue weighted by atomic mass is 32.1. The molecule has 0 saturated heterocycles. The van der Waals surface area contributed by atoms with Crippen LogP contribution in [0.2, 0.25) is 0 Å². The molecule has 9 heteroatoms. The number of hydrogen-bond donors (Lipinski definition) is 3. The third kappa shape index (κ3) is 4.58. The summed E-state index contributed by atoms with van der Waals surface area (Å²) in [5, 5.41) is 7.62. The maximum Gasteiger partial charge on any atom is 0.253 e. The lowest BCUT2D eigenvalue weighted by molar-refractivity contribution is -0.115. The Morgan fingerprint density at radius 1 is 1.10 bits per heavy atom. The number of anilines is 1. The van der Waals surface area contributed by atoms with Crippen LogP contribution in [0.3, 0.4) is 0 Å². The molecule has 30 heavy (non-hydrogen) atoms. The molecule has 0 spiro atoms. The van der Waals surface area contributed by atoms with Gasteiger partial charge in [-0.3, -0.25) is 9.59 Å². The summed E-state index contributed by atoms with van der Waals surface area (Å²) >= 11 is 1.32. The summed E-state index contributed by atoms with van der Waals surface area (Å²) < 4.78 is 0. The quantitative estimate of drug-likeness (QED) is 0.445. The normalized spacial score (nSPS) is 10.6. The fourth-order valence-electron chi connectivity index (χ4n) is 2.81. The Kier molecular flexibility index (Phi) is 5.62. The van der Waals surface area contributed by atoms with E-state index >= 15 is 0 Å². The van der Waals surface area contributed by atoms with Crippen LogP contribution in [0.15, 0.2) is 60.4 Å². The third-order valence-electron chi connectivity index (χ3n) is 4.25. The van der Waals surface area contributed by atoms with Crippen molar-refractivity contribution in [3.8, 4) is 22.5 Å². The summed E-state index contributed by atoms with van der Waals surface area (Å²) in [6.45, 7) is 1.71. The largest absolute Gasteiger partial charge is 0.367 e. The van der Waals surface area contributed by atoms with Crippen molar-refractivity contribution < 1.29 is 9.59 Å². The summed E-state index contributed by atoms with van der Waals surface area (Å²) in [6, 6.07) is 11.4. The highest BCUT2D eigenvalue weighted by molar-refractivity contribution is 7.14. The zero-order valence-electron chi connectivity index (χ0n) is 16.0. The Bertz CT molecular complexity index is 1190. The van der Waals surface area contributed by atoms with E-state index in [2.05, 4.69) is 30.6 Å². The maximum atomic E-state index is 12.1. The van der Waals surface area contributed by atoms with Gasteiger partial charge in [0.05, 0.1) is 23.5 Å². The van der Waals surface area contributed by atoms with E-state index in [-0.39, 0.29) is 18.4 Å². The first kappa shape index (κ1) is 19.5. The summed E-state index contributed by atoms with van der Waals surface area (Å²) in [4.78, 5) is 39.9. The molecule has 3 heterocycles. The molecule has 0 aliphatic heterocycles. The molecule has 0 aliphatic rings. The molecule has 0 atom stereocenters. The molecule has 0 aliphatic carbocycles. The predicted molar refractivity (Wildman–Crippen MR) is 115 cm³/mol. The van der Waals surface area contributed by atoms with Gasteiger partial charge in [0.15, 0.2) is 5.13 Å². The van der Waals surface area contributed by atoms with Crippen LogP contribution >= 0.6 is 11.3 Å². The van der Waals surface area contributed by atoms with Crippen molar-refractivity contribution in [2.24, 2.45) is 0 Å². The van der Waals surface area contributed by atoms with Gasteiger partial charge in [0.1, 0.15) is 5.82 Å². The number of rotatable bonds is 6. The van der Waals surface area contributed by atoms with E-state index in [0.717, 1.165) is 22.5 Å². The molecule has 0 fully saturated rings. The highest BCUT2D eigenvalue weighted by Gasteiger charge is 2.11. The molecule has 8 nitrogen and oxygen atoms in total. The Labute approximate surface area is 176 Å². The van der Waals surface area contributed by atoms with Gasteiger partial charge in [0.25, 0.3) is 5.91 Å². The predicted octanol–water partition coefficient (Wildman–Crippen LogP) is 3.27. The fourth-order valence-corrected chi connectivity index (χ4v) is 3.55. The SMILES string of the molecule is Cc1nccc(-c2cccc(-c3csc(NC(=O)CNC(=O)c4cc[nH]c4)n3)c2)n1. The van der Waals surface area contributed by atoms with E-state index < -0.39 is 0 Å². The second-order valence-corrected chi connectivity index (χ2v) is 7.30. The van der Waals surface area contributed by atoms with Crippen LogP contribution in [0.1, 0.15) is 16.2 Å². The van der Waals surface area contributed by atoms with Gasteiger partial charge in [0.2, 0.25) is 5.91 Å². The van der Waals surface area contributed by atoms with E-state index in [1.165, 1.54) is 11.3 Å². The van der Waals surface area contributed by atoms with Crippen molar-refractivity contribution in [3.63, 3.8) is 0 Å². The molecular formula is C21H18N6O2S. The fraction of sp³-hybridized carbons (Fsp3) is 0.0952. The van der Waals surface area contributed by atoms with Crippen molar-refractivity contribution in [2.75, 3.05) is 11.9 Å². The van der Waals surface area contributed by atoms with E-state index in [0.29, 0.717) is 16.5 Å². The number of carbonyl (C=O) groups is 2. The molecule has 0 radical (unpaired) electrons. The van der Waals surface area contributed by atoms with E-state index in [4.69, 9.17) is 0 Å². The first-order chi connectivity index (χ1) is 14.6. The number of H-pyrrole nitrogens is 1. The molecule has 4 aromatic rings.